The number of nitrogens with zero attached hydrogens (tertiary/aromatic N) is 1. The first-order chi connectivity index (χ1) is 12.1. The van der Waals surface area contributed by atoms with Gasteiger partial charge in [0.05, 0.1) is 0 Å². The molecular weight excluding hydrogens is 316 g/mol. The summed E-state index contributed by atoms with van der Waals surface area (Å²) in [6.45, 7) is 2.39. The molecule has 0 heterocycles. The Bertz CT molecular complexity index is 705. The quantitative estimate of drug-likeness (QED) is 0.633. The van der Waals surface area contributed by atoms with Crippen LogP contribution < -0.4 is 0 Å². The predicted octanol–water partition coefficient (Wildman–Crippen LogP) is 5.79. The van der Waals surface area contributed by atoms with E-state index in [1.54, 1.807) is 6.07 Å². The van der Waals surface area contributed by atoms with Crippen molar-refractivity contribution in [3.8, 4) is 6.07 Å². The van der Waals surface area contributed by atoms with Gasteiger partial charge in [-0.25, -0.2) is 8.78 Å². The van der Waals surface area contributed by atoms with Crippen LogP contribution in [0.15, 0.2) is 6.07 Å². The number of hydrogen-bond acceptors (Lipinski definition) is 1. The molecule has 1 aromatic rings. The summed E-state index contributed by atoms with van der Waals surface area (Å²) in [6, 6.07) is 3.10. The molecule has 0 aromatic heterocycles. The largest absolute Gasteiger partial charge is 0.205 e. The van der Waals surface area contributed by atoms with Gasteiger partial charge < -0.3 is 0 Å². The molecule has 0 aliphatic heterocycles. The molecule has 3 aliphatic rings. The van der Waals surface area contributed by atoms with Gasteiger partial charge in [-0.1, -0.05) is 13.3 Å². The Morgan fingerprint density at radius 3 is 2.40 bits per heavy atom. The van der Waals surface area contributed by atoms with E-state index in [2.05, 4.69) is 6.92 Å². The number of benzene rings is 1. The van der Waals surface area contributed by atoms with Gasteiger partial charge in [0.2, 0.25) is 0 Å². The molecule has 0 bridgehead atoms. The van der Waals surface area contributed by atoms with Crippen molar-refractivity contribution in [2.45, 2.75) is 64.7 Å². The van der Waals surface area contributed by atoms with Crippen molar-refractivity contribution < 1.29 is 8.78 Å². The van der Waals surface area contributed by atoms with E-state index < -0.39 is 17.2 Å². The van der Waals surface area contributed by atoms with Gasteiger partial charge in [0.1, 0.15) is 23.3 Å². The van der Waals surface area contributed by atoms with Crippen LogP contribution in [-0.2, 0) is 12.8 Å². The Morgan fingerprint density at radius 1 is 0.960 bits per heavy atom. The lowest BCUT2D eigenvalue weighted by Crippen LogP contribution is -2.34. The van der Waals surface area contributed by atoms with E-state index in [1.807, 2.05) is 0 Å². The highest BCUT2D eigenvalue weighted by Crippen LogP contribution is 2.48. The number of nitriles is 1. The van der Waals surface area contributed by atoms with Gasteiger partial charge in [-0.15, -0.1) is 0 Å². The van der Waals surface area contributed by atoms with Crippen LogP contribution in [0.2, 0.25) is 0 Å². The van der Waals surface area contributed by atoms with Gasteiger partial charge in [-0.05, 0) is 98.1 Å². The van der Waals surface area contributed by atoms with E-state index >= 15 is 0 Å². The molecule has 0 radical (unpaired) electrons. The van der Waals surface area contributed by atoms with Gasteiger partial charge in [0.15, 0.2) is 0 Å². The van der Waals surface area contributed by atoms with Crippen LogP contribution in [0.1, 0.15) is 68.6 Å². The van der Waals surface area contributed by atoms with E-state index in [9.17, 15) is 8.78 Å². The Kier molecular flexibility index (Phi) is 4.56. The van der Waals surface area contributed by atoms with E-state index in [-0.39, 0.29) is 0 Å². The van der Waals surface area contributed by atoms with Crippen molar-refractivity contribution in [3.63, 3.8) is 0 Å². The monoisotopic (exact) mass is 343 g/mol. The first-order valence-electron chi connectivity index (χ1n) is 9.96. The molecule has 4 rings (SSSR count). The zero-order valence-corrected chi connectivity index (χ0v) is 15.0. The van der Waals surface area contributed by atoms with Gasteiger partial charge in [-0.3, -0.25) is 0 Å². The van der Waals surface area contributed by atoms with Crippen LogP contribution in [0.25, 0.3) is 0 Å². The second-order valence-electron chi connectivity index (χ2n) is 8.81. The fraction of sp³-hybridized carbons (Fsp3) is 0.682. The summed E-state index contributed by atoms with van der Waals surface area (Å²) in [5.74, 6) is 2.66. The molecule has 2 saturated carbocycles. The van der Waals surface area contributed by atoms with Crippen molar-refractivity contribution in [3.05, 3.63) is 34.4 Å². The van der Waals surface area contributed by atoms with E-state index in [4.69, 9.17) is 5.26 Å². The smallest absolute Gasteiger partial charge is 0.147 e. The molecular formula is C22H27F2N. The van der Waals surface area contributed by atoms with Crippen molar-refractivity contribution in [1.29, 1.82) is 5.26 Å². The lowest BCUT2D eigenvalue weighted by Gasteiger charge is -2.44. The van der Waals surface area contributed by atoms with Crippen molar-refractivity contribution in [2.75, 3.05) is 0 Å². The summed E-state index contributed by atoms with van der Waals surface area (Å²) in [6.07, 6.45) is 10.5. The van der Waals surface area contributed by atoms with E-state index in [0.29, 0.717) is 23.8 Å². The molecule has 134 valence electrons. The third kappa shape index (κ3) is 3.09. The average Bonchev–Trinajstić information content (AvgIpc) is 2.61. The summed E-state index contributed by atoms with van der Waals surface area (Å²) in [4.78, 5) is 0. The minimum atomic E-state index is -0.690. The maximum atomic E-state index is 14.4. The Labute approximate surface area is 149 Å². The normalized spacial score (nSPS) is 34.7. The molecule has 3 aliphatic carbocycles. The molecule has 3 heteroatoms. The summed E-state index contributed by atoms with van der Waals surface area (Å²) in [5, 5.41) is 8.96. The number of hydrogen-bond donors (Lipinski definition) is 0. The Morgan fingerprint density at radius 2 is 1.64 bits per heavy atom. The molecule has 0 saturated heterocycles. The van der Waals surface area contributed by atoms with Gasteiger partial charge in [0, 0.05) is 0 Å². The predicted molar refractivity (Wildman–Crippen MR) is 93.9 cm³/mol. The van der Waals surface area contributed by atoms with Gasteiger partial charge in [0.25, 0.3) is 0 Å². The Balaban J connectivity index is 1.49. The molecule has 1 nitrogen and oxygen atoms in total. The second kappa shape index (κ2) is 6.71. The van der Waals surface area contributed by atoms with Crippen LogP contribution in [0.4, 0.5) is 8.78 Å². The number of halogens is 2. The van der Waals surface area contributed by atoms with Crippen molar-refractivity contribution in [1.82, 2.24) is 0 Å². The fourth-order valence-corrected chi connectivity index (χ4v) is 5.97. The van der Waals surface area contributed by atoms with Crippen LogP contribution in [0, 0.1) is 52.6 Å². The van der Waals surface area contributed by atoms with Gasteiger partial charge >= 0.3 is 0 Å². The maximum Gasteiger partial charge on any atom is 0.147 e. The SMILES string of the molecule is CC1CCC2CC(C3CCc4c(cc(F)c(C#N)c4F)C3)CCC2C1. The molecule has 5 atom stereocenters. The fourth-order valence-electron chi connectivity index (χ4n) is 5.97. The highest BCUT2D eigenvalue weighted by molar-refractivity contribution is 5.42. The van der Waals surface area contributed by atoms with Crippen molar-refractivity contribution >= 4 is 0 Å². The average molecular weight is 343 g/mol. The minimum Gasteiger partial charge on any atom is -0.205 e. The van der Waals surface area contributed by atoms with Crippen LogP contribution in [-0.4, -0.2) is 0 Å². The summed E-state index contributed by atoms with van der Waals surface area (Å²) in [5.41, 5.74) is 0.994. The molecule has 1 aromatic carbocycles. The zero-order valence-electron chi connectivity index (χ0n) is 15.0. The maximum absolute atomic E-state index is 14.4. The third-order valence-corrected chi connectivity index (χ3v) is 7.35. The molecule has 0 amide bonds. The first kappa shape index (κ1) is 17.0. The highest BCUT2D eigenvalue weighted by Gasteiger charge is 2.38. The number of rotatable bonds is 1. The molecule has 0 spiro atoms. The number of fused-ring (bicyclic) bond motifs is 2. The summed E-state index contributed by atoms with van der Waals surface area (Å²) < 4.78 is 28.4. The third-order valence-electron chi connectivity index (χ3n) is 7.35. The van der Waals surface area contributed by atoms with Gasteiger partial charge in [-0.2, -0.15) is 5.26 Å². The zero-order chi connectivity index (χ0) is 17.6. The Hall–Kier alpha value is -1.43. The van der Waals surface area contributed by atoms with Crippen LogP contribution in [0.5, 0.6) is 0 Å². The van der Waals surface area contributed by atoms with Crippen LogP contribution >= 0.6 is 0 Å². The van der Waals surface area contributed by atoms with Crippen molar-refractivity contribution in [2.24, 2.45) is 29.6 Å². The van der Waals surface area contributed by atoms with E-state index in [1.165, 1.54) is 44.6 Å². The molecule has 25 heavy (non-hydrogen) atoms. The minimum absolute atomic E-state index is 0.408. The van der Waals surface area contributed by atoms with E-state index in [0.717, 1.165) is 36.2 Å². The lowest BCUT2D eigenvalue weighted by atomic mass is 9.61. The second-order valence-corrected chi connectivity index (χ2v) is 8.81. The molecule has 5 unspecified atom stereocenters. The standard InChI is InChI=1S/C22H27F2N/c1-13-2-3-15-9-16(5-4-14(15)8-13)17-6-7-19-18(10-17)11-21(23)20(12-25)22(19)24/h11,13-17H,2-10H2,1H3. The summed E-state index contributed by atoms with van der Waals surface area (Å²) >= 11 is 0. The molecule has 0 N–H and O–H groups in total. The highest BCUT2D eigenvalue weighted by atomic mass is 19.1. The summed E-state index contributed by atoms with van der Waals surface area (Å²) in [7, 11) is 0. The topological polar surface area (TPSA) is 23.8 Å². The van der Waals surface area contributed by atoms with Crippen LogP contribution in [0.3, 0.4) is 0 Å². The molecule has 2 fully saturated rings. The lowest BCUT2D eigenvalue weighted by molar-refractivity contribution is 0.0755. The first-order valence-corrected chi connectivity index (χ1v) is 9.96.